The number of carbonyl (C=O) groups excluding carboxylic acids is 1. The number of hydrogen-bond donors (Lipinski definition) is 0. The molecule has 3 rings (SSSR count). The Hall–Kier alpha value is -2.32. The highest BCUT2D eigenvalue weighted by atomic mass is 32.2. The van der Waals surface area contributed by atoms with E-state index in [0.717, 1.165) is 5.56 Å². The quantitative estimate of drug-likeness (QED) is 0.792. The van der Waals surface area contributed by atoms with Crippen molar-refractivity contribution in [3.05, 3.63) is 47.7 Å². The Labute approximate surface area is 133 Å². The molecule has 0 saturated heterocycles. The van der Waals surface area contributed by atoms with Crippen molar-refractivity contribution < 1.29 is 27.1 Å². The monoisotopic (exact) mass is 337 g/mol. The van der Waals surface area contributed by atoms with Crippen molar-refractivity contribution in [2.45, 2.75) is 11.6 Å². The highest BCUT2D eigenvalue weighted by molar-refractivity contribution is 7.89. The Kier molecular flexibility index (Phi) is 4.10. The average molecular weight is 337 g/mol. The smallest absolute Gasteiger partial charge is 0.374 e. The van der Waals surface area contributed by atoms with E-state index in [1.54, 1.807) is 6.07 Å². The van der Waals surface area contributed by atoms with E-state index in [-0.39, 0.29) is 30.5 Å². The van der Waals surface area contributed by atoms with Crippen LogP contribution in [0.25, 0.3) is 0 Å². The molecular weight excluding hydrogens is 322 g/mol. The summed E-state index contributed by atoms with van der Waals surface area (Å²) in [6.45, 7) is 0.596. The number of carbonyl (C=O) groups is 1. The van der Waals surface area contributed by atoms with Crippen molar-refractivity contribution in [3.8, 4) is 5.75 Å². The minimum absolute atomic E-state index is 0.155. The van der Waals surface area contributed by atoms with E-state index in [0.29, 0.717) is 5.75 Å². The van der Waals surface area contributed by atoms with Gasteiger partial charge in [0.2, 0.25) is 10.9 Å². The first kappa shape index (κ1) is 15.6. The summed E-state index contributed by atoms with van der Waals surface area (Å²) in [5.74, 6) is -0.214. The van der Waals surface area contributed by atoms with Crippen molar-refractivity contribution in [2.75, 3.05) is 20.3 Å². The molecule has 122 valence electrons. The fourth-order valence-electron chi connectivity index (χ4n) is 2.30. The molecule has 0 N–H and O–H groups in total. The summed E-state index contributed by atoms with van der Waals surface area (Å²) in [4.78, 5) is 11.4. The summed E-state index contributed by atoms with van der Waals surface area (Å²) >= 11 is 0. The van der Waals surface area contributed by atoms with Crippen LogP contribution in [-0.4, -0.2) is 39.0 Å². The zero-order chi connectivity index (χ0) is 16.4. The zero-order valence-corrected chi connectivity index (χ0v) is 13.2. The van der Waals surface area contributed by atoms with Gasteiger partial charge in [0.15, 0.2) is 0 Å². The van der Waals surface area contributed by atoms with Crippen LogP contribution in [0, 0.1) is 0 Å². The number of rotatable bonds is 3. The number of fused-ring (bicyclic) bond motifs is 1. The van der Waals surface area contributed by atoms with E-state index in [2.05, 4.69) is 4.74 Å². The largest absolute Gasteiger partial charge is 0.492 e. The van der Waals surface area contributed by atoms with Crippen LogP contribution in [0.2, 0.25) is 0 Å². The summed E-state index contributed by atoms with van der Waals surface area (Å²) in [5, 5.41) is -0.294. The summed E-state index contributed by atoms with van der Waals surface area (Å²) in [5.41, 5.74) is 0.772. The molecule has 0 unspecified atom stereocenters. The van der Waals surface area contributed by atoms with Crippen molar-refractivity contribution >= 4 is 16.0 Å². The van der Waals surface area contributed by atoms with Gasteiger partial charge in [-0.25, -0.2) is 13.2 Å². The molecule has 0 spiro atoms. The predicted octanol–water partition coefficient (Wildman–Crippen LogP) is 1.65. The van der Waals surface area contributed by atoms with Crippen LogP contribution >= 0.6 is 0 Å². The van der Waals surface area contributed by atoms with Crippen LogP contribution in [0.15, 0.2) is 45.9 Å². The average Bonchev–Trinajstić information content (AvgIpc) is 2.95. The Morgan fingerprint density at radius 1 is 1.22 bits per heavy atom. The molecule has 8 heteroatoms. The number of sulfonamides is 1. The van der Waals surface area contributed by atoms with Gasteiger partial charge in [-0.15, -0.1) is 0 Å². The van der Waals surface area contributed by atoms with Crippen molar-refractivity contribution in [3.63, 3.8) is 0 Å². The molecule has 0 bridgehead atoms. The molecule has 1 aromatic carbocycles. The summed E-state index contributed by atoms with van der Waals surface area (Å²) in [7, 11) is -2.67. The summed E-state index contributed by atoms with van der Waals surface area (Å²) < 4.78 is 41.9. The van der Waals surface area contributed by atoms with Gasteiger partial charge < -0.3 is 13.9 Å². The molecule has 0 aliphatic carbocycles. The van der Waals surface area contributed by atoms with E-state index < -0.39 is 16.0 Å². The summed E-state index contributed by atoms with van der Waals surface area (Å²) in [6.07, 6.45) is 0. The van der Waals surface area contributed by atoms with Gasteiger partial charge in [-0.3, -0.25) is 0 Å². The molecule has 1 aliphatic rings. The molecule has 0 saturated carbocycles. The maximum Gasteiger partial charge on any atom is 0.374 e. The first-order chi connectivity index (χ1) is 11.0. The lowest BCUT2D eigenvalue weighted by molar-refractivity contribution is 0.0558. The third-order valence-electron chi connectivity index (χ3n) is 3.48. The molecule has 2 heterocycles. The van der Waals surface area contributed by atoms with Gasteiger partial charge in [-0.2, -0.15) is 4.31 Å². The number of furan rings is 1. The zero-order valence-electron chi connectivity index (χ0n) is 12.4. The number of esters is 1. The lowest BCUT2D eigenvalue weighted by Gasteiger charge is -2.17. The number of para-hydroxylation sites is 1. The third kappa shape index (κ3) is 2.95. The van der Waals surface area contributed by atoms with Gasteiger partial charge in [0.05, 0.1) is 7.11 Å². The lowest BCUT2D eigenvalue weighted by atomic mass is 10.2. The summed E-state index contributed by atoms with van der Waals surface area (Å²) in [6, 6.07) is 9.79. The molecule has 0 radical (unpaired) electrons. The van der Waals surface area contributed by atoms with Crippen molar-refractivity contribution in [2.24, 2.45) is 0 Å². The second-order valence-corrected chi connectivity index (χ2v) is 6.77. The van der Waals surface area contributed by atoms with E-state index in [1.165, 1.54) is 23.5 Å². The maximum absolute atomic E-state index is 12.7. The second kappa shape index (κ2) is 6.05. The number of ether oxygens (including phenoxy) is 2. The van der Waals surface area contributed by atoms with E-state index >= 15 is 0 Å². The van der Waals surface area contributed by atoms with Gasteiger partial charge in [0.1, 0.15) is 12.4 Å². The van der Waals surface area contributed by atoms with Crippen LogP contribution in [-0.2, 0) is 21.3 Å². The first-order valence-corrected chi connectivity index (χ1v) is 8.35. The van der Waals surface area contributed by atoms with Gasteiger partial charge >= 0.3 is 5.97 Å². The van der Waals surface area contributed by atoms with Crippen LogP contribution in [0.5, 0.6) is 5.75 Å². The standard InChI is InChI=1S/C15H15NO6S/c1-20-15(17)13-6-7-14(22-13)23(18,19)16-8-9-21-12-5-3-2-4-11(12)10-16/h2-7H,8-10H2,1H3. The van der Waals surface area contributed by atoms with Crippen LogP contribution in [0.4, 0.5) is 0 Å². The fourth-order valence-corrected chi connectivity index (χ4v) is 3.62. The van der Waals surface area contributed by atoms with Gasteiger partial charge in [-0.1, -0.05) is 18.2 Å². The second-order valence-electron chi connectivity index (χ2n) is 4.91. The van der Waals surface area contributed by atoms with Gasteiger partial charge in [0, 0.05) is 18.7 Å². The van der Waals surface area contributed by atoms with Gasteiger partial charge in [0.25, 0.3) is 10.0 Å². The van der Waals surface area contributed by atoms with E-state index in [4.69, 9.17) is 9.15 Å². The van der Waals surface area contributed by atoms with Crippen LogP contribution < -0.4 is 4.74 Å². The Balaban J connectivity index is 1.90. The predicted molar refractivity (Wildman–Crippen MR) is 79.6 cm³/mol. The number of nitrogens with zero attached hydrogens (tertiary/aromatic N) is 1. The molecule has 0 fully saturated rings. The normalized spacial score (nSPS) is 15.3. The molecule has 2 aromatic rings. The lowest BCUT2D eigenvalue weighted by Crippen LogP contribution is -2.32. The molecule has 0 amide bonds. The minimum atomic E-state index is -3.87. The molecular formula is C15H15NO6S. The molecule has 1 aliphatic heterocycles. The Morgan fingerprint density at radius 3 is 2.78 bits per heavy atom. The number of methoxy groups -OCH3 is 1. The molecule has 0 atom stereocenters. The minimum Gasteiger partial charge on any atom is -0.492 e. The van der Waals surface area contributed by atoms with Gasteiger partial charge in [-0.05, 0) is 18.2 Å². The van der Waals surface area contributed by atoms with E-state index in [1.807, 2.05) is 18.2 Å². The molecule has 1 aromatic heterocycles. The highest BCUT2D eigenvalue weighted by Gasteiger charge is 2.31. The van der Waals surface area contributed by atoms with Crippen LogP contribution in [0.1, 0.15) is 16.1 Å². The third-order valence-corrected chi connectivity index (χ3v) is 5.20. The Morgan fingerprint density at radius 2 is 2.00 bits per heavy atom. The Bertz CT molecular complexity index is 826. The SMILES string of the molecule is COC(=O)c1ccc(S(=O)(=O)N2CCOc3ccccc3C2)o1. The first-order valence-electron chi connectivity index (χ1n) is 6.91. The highest BCUT2D eigenvalue weighted by Crippen LogP contribution is 2.27. The van der Waals surface area contributed by atoms with Crippen LogP contribution in [0.3, 0.4) is 0 Å². The van der Waals surface area contributed by atoms with E-state index in [9.17, 15) is 13.2 Å². The number of benzene rings is 1. The van der Waals surface area contributed by atoms with Crippen molar-refractivity contribution in [1.29, 1.82) is 0 Å². The number of hydrogen-bond acceptors (Lipinski definition) is 6. The van der Waals surface area contributed by atoms with Crippen molar-refractivity contribution in [1.82, 2.24) is 4.31 Å². The maximum atomic E-state index is 12.7. The fraction of sp³-hybridized carbons (Fsp3) is 0.267. The topological polar surface area (TPSA) is 86.1 Å². The molecule has 23 heavy (non-hydrogen) atoms. The molecule has 7 nitrogen and oxygen atoms in total.